The van der Waals surface area contributed by atoms with Gasteiger partial charge in [-0.3, -0.25) is 0 Å². The highest BCUT2D eigenvalue weighted by atomic mass is 16.4. The van der Waals surface area contributed by atoms with E-state index in [2.05, 4.69) is 35.9 Å². The average Bonchev–Trinajstić information content (AvgIpc) is 2.97. The largest absolute Gasteiger partial charge is 0.476 e. The summed E-state index contributed by atoms with van der Waals surface area (Å²) in [5.41, 5.74) is 2.32. The lowest BCUT2D eigenvalue weighted by atomic mass is 10.0. The van der Waals surface area contributed by atoms with Gasteiger partial charge in [0.15, 0.2) is 5.69 Å². The summed E-state index contributed by atoms with van der Waals surface area (Å²) >= 11 is 0. The first-order valence-electron chi connectivity index (χ1n) is 8.98. The summed E-state index contributed by atoms with van der Waals surface area (Å²) in [6.45, 7) is 7.27. The highest BCUT2D eigenvalue weighted by molar-refractivity contribution is 5.84. The van der Waals surface area contributed by atoms with Crippen molar-refractivity contribution in [1.29, 1.82) is 0 Å². The van der Waals surface area contributed by atoms with Gasteiger partial charge in [0.05, 0.1) is 12.9 Å². The van der Waals surface area contributed by atoms with Crippen LogP contribution in [0.25, 0.3) is 0 Å². The van der Waals surface area contributed by atoms with E-state index < -0.39 is 5.97 Å². The maximum atomic E-state index is 11.0. The molecule has 0 bridgehead atoms. The summed E-state index contributed by atoms with van der Waals surface area (Å²) in [5, 5.41) is 9.03. The minimum Gasteiger partial charge on any atom is -0.476 e. The lowest BCUT2D eigenvalue weighted by molar-refractivity contribution is 0.0691. The third-order valence-electron chi connectivity index (χ3n) is 5.16. The zero-order valence-electron chi connectivity index (χ0n) is 14.7. The van der Waals surface area contributed by atoms with Crippen molar-refractivity contribution < 1.29 is 9.90 Å². The van der Waals surface area contributed by atoms with Gasteiger partial charge in [-0.15, -0.1) is 0 Å². The molecule has 0 amide bonds. The Kier molecular flexibility index (Phi) is 3.98. The number of pyridine rings is 1. The molecule has 2 atom stereocenters. The van der Waals surface area contributed by atoms with Crippen LogP contribution in [0.5, 0.6) is 0 Å². The quantitative estimate of drug-likeness (QED) is 0.875. The molecular weight excluding hydrogens is 316 g/mol. The molecule has 3 heterocycles. The Labute approximate surface area is 147 Å². The summed E-state index contributed by atoms with van der Waals surface area (Å²) in [4.78, 5) is 22.3. The van der Waals surface area contributed by atoms with Crippen molar-refractivity contribution in [3.05, 3.63) is 41.6 Å². The van der Waals surface area contributed by atoms with Gasteiger partial charge in [0.1, 0.15) is 5.82 Å². The smallest absolute Gasteiger partial charge is 0.356 e. The van der Waals surface area contributed by atoms with Crippen LogP contribution in [0.1, 0.15) is 42.0 Å². The summed E-state index contributed by atoms with van der Waals surface area (Å²) in [6, 6.07) is 4.25. The number of hydrogen-bond donors (Lipinski definition) is 1. The Morgan fingerprint density at radius 2 is 2.08 bits per heavy atom. The van der Waals surface area contributed by atoms with Crippen molar-refractivity contribution in [2.75, 3.05) is 18.0 Å². The number of carbonyl (C=O) groups is 1. The fourth-order valence-electron chi connectivity index (χ4n) is 3.74. The van der Waals surface area contributed by atoms with Gasteiger partial charge < -0.3 is 14.6 Å². The topological polar surface area (TPSA) is 71.2 Å². The zero-order chi connectivity index (χ0) is 17.6. The van der Waals surface area contributed by atoms with Crippen LogP contribution in [0.15, 0.2) is 24.7 Å². The predicted octanol–water partition coefficient (Wildman–Crippen LogP) is 2.68. The molecule has 2 aromatic rings. The molecule has 1 aliphatic carbocycles. The van der Waals surface area contributed by atoms with Crippen molar-refractivity contribution in [3.63, 3.8) is 0 Å². The molecule has 2 fully saturated rings. The van der Waals surface area contributed by atoms with Gasteiger partial charge in [-0.05, 0) is 42.2 Å². The molecule has 6 heteroatoms. The molecule has 1 aliphatic heterocycles. The number of carboxylic acid groups (broad SMARTS) is 1. The average molecular weight is 340 g/mol. The monoisotopic (exact) mass is 340 g/mol. The summed E-state index contributed by atoms with van der Waals surface area (Å²) in [7, 11) is 0. The number of rotatable bonds is 6. The standard InChI is InChI=1S/C19H24N4O2/c1-12(2)5-16-13(7-22-10-17(19(24)25)20-11-22)3-4-18(21-16)23-8-14-6-15(14)9-23/h3-4,10-12,14-15H,5-9H2,1-2H3,(H,24,25). The number of imidazole rings is 1. The molecular formula is C19H24N4O2. The second-order valence-electron chi connectivity index (χ2n) is 7.77. The van der Waals surface area contributed by atoms with Crippen molar-refractivity contribution >= 4 is 11.8 Å². The molecule has 1 N–H and O–H groups in total. The van der Waals surface area contributed by atoms with E-state index in [1.165, 1.54) is 6.42 Å². The van der Waals surface area contributed by atoms with Crippen LogP contribution >= 0.6 is 0 Å². The molecule has 6 nitrogen and oxygen atoms in total. The first-order chi connectivity index (χ1) is 12.0. The van der Waals surface area contributed by atoms with E-state index >= 15 is 0 Å². The molecule has 2 aliphatic rings. The Balaban J connectivity index is 1.57. The Morgan fingerprint density at radius 3 is 2.72 bits per heavy atom. The molecule has 25 heavy (non-hydrogen) atoms. The number of aromatic carboxylic acids is 1. The molecule has 132 valence electrons. The van der Waals surface area contributed by atoms with E-state index in [1.54, 1.807) is 12.5 Å². The second-order valence-corrected chi connectivity index (χ2v) is 7.77. The molecule has 0 spiro atoms. The minimum absolute atomic E-state index is 0.0753. The van der Waals surface area contributed by atoms with E-state index in [1.807, 2.05) is 4.57 Å². The van der Waals surface area contributed by atoms with Crippen molar-refractivity contribution in [3.8, 4) is 0 Å². The number of piperidine rings is 1. The van der Waals surface area contributed by atoms with Gasteiger partial charge in [0, 0.05) is 25.0 Å². The molecule has 0 aromatic carbocycles. The molecule has 1 saturated carbocycles. The summed E-state index contributed by atoms with van der Waals surface area (Å²) < 4.78 is 1.81. The maximum Gasteiger partial charge on any atom is 0.356 e. The number of anilines is 1. The van der Waals surface area contributed by atoms with Crippen LogP contribution in [-0.4, -0.2) is 38.7 Å². The molecule has 0 radical (unpaired) electrons. The number of nitrogens with zero attached hydrogens (tertiary/aromatic N) is 4. The highest BCUT2D eigenvalue weighted by Gasteiger charge is 2.45. The van der Waals surface area contributed by atoms with Gasteiger partial charge >= 0.3 is 5.97 Å². The van der Waals surface area contributed by atoms with Gasteiger partial charge in [-0.25, -0.2) is 14.8 Å². The van der Waals surface area contributed by atoms with Gasteiger partial charge in [0.25, 0.3) is 0 Å². The van der Waals surface area contributed by atoms with Crippen LogP contribution in [0.2, 0.25) is 0 Å². The number of fused-ring (bicyclic) bond motifs is 1. The zero-order valence-corrected chi connectivity index (χ0v) is 14.7. The minimum atomic E-state index is -0.998. The Bertz CT molecular complexity index is 788. The third kappa shape index (κ3) is 3.38. The lowest BCUT2D eigenvalue weighted by Crippen LogP contribution is -2.23. The van der Waals surface area contributed by atoms with Crippen molar-refractivity contribution in [1.82, 2.24) is 14.5 Å². The summed E-state index contributed by atoms with van der Waals surface area (Å²) in [6.07, 6.45) is 5.46. The Morgan fingerprint density at radius 1 is 1.32 bits per heavy atom. The number of aromatic nitrogens is 3. The third-order valence-corrected chi connectivity index (χ3v) is 5.16. The second kappa shape index (κ2) is 6.17. The van der Waals surface area contributed by atoms with Crippen LogP contribution in [0, 0.1) is 17.8 Å². The molecule has 1 saturated heterocycles. The SMILES string of the molecule is CC(C)Cc1nc(N2CC3CC3C2)ccc1Cn1cnc(C(=O)O)c1. The molecule has 2 aromatic heterocycles. The number of hydrogen-bond acceptors (Lipinski definition) is 4. The van der Waals surface area contributed by atoms with E-state index in [0.717, 1.165) is 48.4 Å². The Hall–Kier alpha value is -2.37. The van der Waals surface area contributed by atoms with Crippen molar-refractivity contribution in [2.24, 2.45) is 17.8 Å². The maximum absolute atomic E-state index is 11.0. The van der Waals surface area contributed by atoms with Gasteiger partial charge in [-0.2, -0.15) is 0 Å². The first kappa shape index (κ1) is 16.1. The van der Waals surface area contributed by atoms with E-state index in [-0.39, 0.29) is 5.69 Å². The van der Waals surface area contributed by atoms with Gasteiger partial charge in [-0.1, -0.05) is 19.9 Å². The lowest BCUT2D eigenvalue weighted by Gasteiger charge is -2.21. The van der Waals surface area contributed by atoms with Crippen LogP contribution < -0.4 is 4.90 Å². The van der Waals surface area contributed by atoms with Crippen molar-refractivity contribution in [2.45, 2.75) is 33.2 Å². The molecule has 2 unspecified atom stereocenters. The fourth-order valence-corrected chi connectivity index (χ4v) is 3.74. The first-order valence-corrected chi connectivity index (χ1v) is 8.98. The fraction of sp³-hybridized carbons (Fsp3) is 0.526. The number of carboxylic acids is 1. The molecule has 4 rings (SSSR count). The highest BCUT2D eigenvalue weighted by Crippen LogP contribution is 2.46. The van der Waals surface area contributed by atoms with Crippen LogP contribution in [0.4, 0.5) is 5.82 Å². The predicted molar refractivity (Wildman–Crippen MR) is 94.9 cm³/mol. The van der Waals surface area contributed by atoms with Crippen LogP contribution in [-0.2, 0) is 13.0 Å². The normalized spacial score (nSPS) is 21.6. The van der Waals surface area contributed by atoms with Gasteiger partial charge in [0.2, 0.25) is 0 Å². The van der Waals surface area contributed by atoms with E-state index in [4.69, 9.17) is 10.1 Å². The van der Waals surface area contributed by atoms with E-state index in [9.17, 15) is 4.79 Å². The van der Waals surface area contributed by atoms with Crippen LogP contribution in [0.3, 0.4) is 0 Å². The van der Waals surface area contributed by atoms with E-state index in [0.29, 0.717) is 12.5 Å². The summed E-state index contributed by atoms with van der Waals surface area (Å²) in [5.74, 6) is 2.38.